The number of aliphatic imine (C=N–C) groups is 1. The fourth-order valence-electron chi connectivity index (χ4n) is 3.87. The molecule has 2 aliphatic rings. The molecule has 1 atom stereocenters. The van der Waals surface area contributed by atoms with E-state index in [1.807, 2.05) is 83.8 Å². The van der Waals surface area contributed by atoms with Gasteiger partial charge in [0, 0.05) is 10.6 Å². The molecule has 0 aromatic heterocycles. The summed E-state index contributed by atoms with van der Waals surface area (Å²) >= 11 is 6.10. The Labute approximate surface area is 197 Å². The minimum Gasteiger partial charge on any atom is -0.460 e. The molecule has 0 fully saturated rings. The highest BCUT2D eigenvalue weighted by molar-refractivity contribution is 6.41. The molecule has 5 rings (SSSR count). The number of amidine groups is 1. The van der Waals surface area contributed by atoms with Crippen LogP contribution in [0.2, 0.25) is 5.02 Å². The predicted molar refractivity (Wildman–Crippen MR) is 131 cm³/mol. The van der Waals surface area contributed by atoms with Crippen molar-refractivity contribution in [1.29, 1.82) is 0 Å². The number of fused-ring (bicyclic) bond motifs is 1. The van der Waals surface area contributed by atoms with Gasteiger partial charge in [0.25, 0.3) is 0 Å². The SMILES string of the molecule is CCOC(=O)C1=NN(c2ccc(Cl)cc2)C2=NC(c3ccccc3)=C[C@H](c3ccccc3)N12. The van der Waals surface area contributed by atoms with Crippen LogP contribution in [0.1, 0.15) is 24.1 Å². The van der Waals surface area contributed by atoms with Crippen molar-refractivity contribution in [1.82, 2.24) is 4.90 Å². The lowest BCUT2D eigenvalue weighted by Crippen LogP contribution is -2.44. The summed E-state index contributed by atoms with van der Waals surface area (Å²) in [6, 6.07) is 26.9. The van der Waals surface area contributed by atoms with Gasteiger partial charge >= 0.3 is 5.97 Å². The molecule has 3 aromatic rings. The maximum absolute atomic E-state index is 12.9. The zero-order valence-electron chi connectivity index (χ0n) is 17.9. The maximum atomic E-state index is 12.9. The third kappa shape index (κ3) is 4.01. The van der Waals surface area contributed by atoms with Crippen LogP contribution in [-0.4, -0.2) is 29.3 Å². The van der Waals surface area contributed by atoms with Crippen molar-refractivity contribution in [2.24, 2.45) is 10.1 Å². The fraction of sp³-hybridized carbons (Fsp3) is 0.115. The Morgan fingerprint density at radius 2 is 1.64 bits per heavy atom. The molecule has 0 amide bonds. The minimum atomic E-state index is -0.501. The number of esters is 1. The number of benzene rings is 3. The van der Waals surface area contributed by atoms with Crippen LogP contribution >= 0.6 is 11.6 Å². The Morgan fingerprint density at radius 3 is 2.30 bits per heavy atom. The van der Waals surface area contributed by atoms with E-state index in [4.69, 9.17) is 21.3 Å². The molecule has 0 saturated carbocycles. The summed E-state index contributed by atoms with van der Waals surface area (Å²) in [6.45, 7) is 2.03. The summed E-state index contributed by atoms with van der Waals surface area (Å²) in [6.07, 6.45) is 2.05. The highest BCUT2D eigenvalue weighted by atomic mass is 35.5. The number of carbonyl (C=O) groups is 1. The Balaban J connectivity index is 1.68. The van der Waals surface area contributed by atoms with E-state index in [2.05, 4.69) is 5.10 Å². The quantitative estimate of drug-likeness (QED) is 0.476. The molecule has 164 valence electrons. The standard InChI is InChI=1S/C26H21ClN4O2/c1-2-33-25(32)24-29-31(21-15-13-20(27)14-16-21)26-28-22(18-9-5-3-6-10-18)17-23(30(24)26)19-11-7-4-8-12-19/h3-17,23H,2H2,1H3/t23-/m1/s1. The topological polar surface area (TPSA) is 57.5 Å². The molecule has 2 aliphatic heterocycles. The summed E-state index contributed by atoms with van der Waals surface area (Å²) in [7, 11) is 0. The van der Waals surface area contributed by atoms with Crippen LogP contribution in [0.3, 0.4) is 0 Å². The Morgan fingerprint density at radius 1 is 0.970 bits per heavy atom. The predicted octanol–water partition coefficient (Wildman–Crippen LogP) is 5.49. The fourth-order valence-corrected chi connectivity index (χ4v) is 3.99. The Bertz CT molecular complexity index is 1250. The lowest BCUT2D eigenvalue weighted by Gasteiger charge is -2.32. The second kappa shape index (κ2) is 8.92. The first-order valence-corrected chi connectivity index (χ1v) is 11.0. The van der Waals surface area contributed by atoms with Gasteiger partial charge < -0.3 is 4.74 Å². The number of carbonyl (C=O) groups excluding carboxylic acids is 1. The summed E-state index contributed by atoms with van der Waals surface area (Å²) in [5.74, 6) is 0.206. The monoisotopic (exact) mass is 456 g/mol. The number of guanidine groups is 1. The van der Waals surface area contributed by atoms with Crippen LogP contribution in [0.15, 0.2) is 101 Å². The lowest BCUT2D eigenvalue weighted by molar-refractivity contribution is -0.135. The van der Waals surface area contributed by atoms with Crippen molar-refractivity contribution < 1.29 is 9.53 Å². The van der Waals surface area contributed by atoms with Crippen molar-refractivity contribution >= 4 is 40.7 Å². The zero-order valence-corrected chi connectivity index (χ0v) is 18.7. The van der Waals surface area contributed by atoms with Crippen LogP contribution in [0.4, 0.5) is 5.69 Å². The van der Waals surface area contributed by atoms with Crippen molar-refractivity contribution in [3.8, 4) is 0 Å². The summed E-state index contributed by atoms with van der Waals surface area (Å²) in [5, 5.41) is 6.92. The molecule has 6 nitrogen and oxygen atoms in total. The number of rotatable bonds is 5. The molecular weight excluding hydrogens is 436 g/mol. The first kappa shape index (κ1) is 21.0. The number of nitrogens with zero attached hydrogens (tertiary/aromatic N) is 4. The molecule has 0 bridgehead atoms. The molecule has 0 saturated heterocycles. The van der Waals surface area contributed by atoms with Gasteiger partial charge in [-0.05, 0) is 42.8 Å². The van der Waals surface area contributed by atoms with Crippen molar-refractivity contribution in [3.05, 3.63) is 107 Å². The van der Waals surface area contributed by atoms with Gasteiger partial charge in [-0.15, -0.1) is 5.10 Å². The first-order chi connectivity index (χ1) is 16.2. The molecule has 0 aliphatic carbocycles. The van der Waals surface area contributed by atoms with Gasteiger partial charge in [0.15, 0.2) is 0 Å². The maximum Gasteiger partial charge on any atom is 0.376 e. The average molecular weight is 457 g/mol. The Kier molecular flexibility index (Phi) is 5.67. The van der Waals surface area contributed by atoms with E-state index >= 15 is 0 Å². The largest absolute Gasteiger partial charge is 0.460 e. The molecule has 3 aromatic carbocycles. The third-order valence-corrected chi connectivity index (χ3v) is 5.63. The molecule has 2 heterocycles. The summed E-state index contributed by atoms with van der Waals surface area (Å²) in [4.78, 5) is 19.7. The highest BCUT2D eigenvalue weighted by Crippen LogP contribution is 2.37. The molecule has 33 heavy (non-hydrogen) atoms. The van der Waals surface area contributed by atoms with Gasteiger partial charge in [0.05, 0.1) is 24.0 Å². The van der Waals surface area contributed by atoms with Crippen molar-refractivity contribution in [2.45, 2.75) is 13.0 Å². The second-order valence-corrected chi connectivity index (χ2v) is 7.92. The van der Waals surface area contributed by atoms with Crippen molar-refractivity contribution in [3.63, 3.8) is 0 Å². The molecule has 0 spiro atoms. The third-order valence-electron chi connectivity index (χ3n) is 5.38. The molecule has 0 radical (unpaired) electrons. The lowest BCUT2D eigenvalue weighted by atomic mass is 10.0. The van der Waals surface area contributed by atoms with E-state index in [0.717, 1.165) is 22.5 Å². The van der Waals surface area contributed by atoms with Gasteiger partial charge in [0.2, 0.25) is 11.8 Å². The molecule has 7 heteroatoms. The van der Waals surface area contributed by atoms with Crippen LogP contribution in [0.5, 0.6) is 0 Å². The zero-order chi connectivity index (χ0) is 22.8. The van der Waals surface area contributed by atoms with Gasteiger partial charge in [-0.1, -0.05) is 72.3 Å². The number of halogens is 1. The van der Waals surface area contributed by atoms with Crippen LogP contribution in [-0.2, 0) is 9.53 Å². The highest BCUT2D eigenvalue weighted by Gasteiger charge is 2.43. The summed E-state index contributed by atoms with van der Waals surface area (Å²) < 4.78 is 5.34. The van der Waals surface area contributed by atoms with E-state index in [0.29, 0.717) is 11.0 Å². The van der Waals surface area contributed by atoms with E-state index < -0.39 is 5.97 Å². The molecule has 0 N–H and O–H groups in total. The van der Waals surface area contributed by atoms with Crippen LogP contribution in [0.25, 0.3) is 5.70 Å². The molecular formula is C26H21ClN4O2. The smallest absolute Gasteiger partial charge is 0.376 e. The molecule has 0 unspecified atom stereocenters. The number of hydrogen-bond donors (Lipinski definition) is 0. The first-order valence-electron chi connectivity index (χ1n) is 10.7. The number of anilines is 1. The number of hydrogen-bond acceptors (Lipinski definition) is 6. The van der Waals surface area contributed by atoms with Crippen LogP contribution < -0.4 is 5.01 Å². The van der Waals surface area contributed by atoms with Gasteiger partial charge in [-0.25, -0.2) is 9.79 Å². The van der Waals surface area contributed by atoms with E-state index in [-0.39, 0.29) is 18.5 Å². The van der Waals surface area contributed by atoms with Crippen molar-refractivity contribution in [2.75, 3.05) is 11.6 Å². The van der Waals surface area contributed by atoms with Gasteiger partial charge in [0.1, 0.15) is 0 Å². The number of ether oxygens (including phenoxy) is 1. The Hall–Kier alpha value is -3.90. The van der Waals surface area contributed by atoms with E-state index in [9.17, 15) is 4.79 Å². The van der Waals surface area contributed by atoms with E-state index in [1.54, 1.807) is 24.1 Å². The minimum absolute atomic E-state index is 0.183. The number of hydrazone groups is 1. The van der Waals surface area contributed by atoms with E-state index in [1.165, 1.54) is 0 Å². The summed E-state index contributed by atoms with van der Waals surface area (Å²) in [5.41, 5.74) is 3.53. The average Bonchev–Trinajstić information content (AvgIpc) is 3.25. The van der Waals surface area contributed by atoms with Crippen LogP contribution in [0, 0.1) is 0 Å². The normalized spacial score (nSPS) is 17.2. The van der Waals surface area contributed by atoms with Gasteiger partial charge in [-0.2, -0.15) is 5.01 Å². The second-order valence-electron chi connectivity index (χ2n) is 7.49. The van der Waals surface area contributed by atoms with Gasteiger partial charge in [-0.3, -0.25) is 4.90 Å².